The molecule has 0 bridgehead atoms. The molecule has 2 aromatic rings. The normalized spacial score (nSPS) is 10.9. The molecule has 0 saturated carbocycles. The quantitative estimate of drug-likeness (QED) is 0.473. The first-order chi connectivity index (χ1) is 13.3. The highest BCUT2D eigenvalue weighted by Crippen LogP contribution is 2.19. The van der Waals surface area contributed by atoms with E-state index in [1.165, 1.54) is 0 Å². The molecule has 0 aromatic carbocycles. The number of esters is 2. The van der Waals surface area contributed by atoms with Gasteiger partial charge in [-0.2, -0.15) is 0 Å². The Bertz CT molecular complexity index is 775. The minimum atomic E-state index is -0.257. The van der Waals surface area contributed by atoms with Gasteiger partial charge >= 0.3 is 11.9 Å². The van der Waals surface area contributed by atoms with Gasteiger partial charge < -0.3 is 18.6 Å². The van der Waals surface area contributed by atoms with E-state index in [-0.39, 0.29) is 11.9 Å². The minimum absolute atomic E-state index is 0.257. The van der Waals surface area contributed by atoms with Crippen LogP contribution >= 0.6 is 0 Å². The molecule has 2 rings (SSSR count). The molecule has 0 fully saturated rings. The third-order valence-electron chi connectivity index (χ3n) is 5.15. The molecule has 154 valence electrons. The number of nitrogens with zero attached hydrogens (tertiary/aromatic N) is 2. The maximum atomic E-state index is 12.0. The molecule has 0 spiro atoms. The van der Waals surface area contributed by atoms with E-state index in [4.69, 9.17) is 9.47 Å². The predicted molar refractivity (Wildman–Crippen MR) is 109 cm³/mol. The van der Waals surface area contributed by atoms with Crippen molar-refractivity contribution in [2.24, 2.45) is 0 Å². The minimum Gasteiger partial charge on any atom is -0.462 e. The predicted octanol–water partition coefficient (Wildman–Crippen LogP) is 4.36. The lowest BCUT2D eigenvalue weighted by Crippen LogP contribution is -2.10. The summed E-state index contributed by atoms with van der Waals surface area (Å²) in [6.45, 7) is 14.0. The summed E-state index contributed by atoms with van der Waals surface area (Å²) in [5, 5.41) is 0. The van der Waals surface area contributed by atoms with Crippen molar-refractivity contribution in [3.05, 3.63) is 46.0 Å². The maximum Gasteiger partial charge on any atom is 0.339 e. The van der Waals surface area contributed by atoms with Crippen LogP contribution < -0.4 is 0 Å². The van der Waals surface area contributed by atoms with E-state index in [2.05, 4.69) is 9.13 Å². The highest BCUT2D eigenvalue weighted by Gasteiger charge is 2.18. The second-order valence-corrected chi connectivity index (χ2v) is 7.02. The highest BCUT2D eigenvalue weighted by atomic mass is 16.5. The van der Waals surface area contributed by atoms with Crippen LogP contribution in [0.25, 0.3) is 0 Å². The van der Waals surface area contributed by atoms with Crippen molar-refractivity contribution in [2.75, 3.05) is 13.2 Å². The third kappa shape index (κ3) is 4.66. The molecule has 0 radical (unpaired) electrons. The van der Waals surface area contributed by atoms with Crippen LogP contribution in [0.2, 0.25) is 0 Å². The first kappa shape index (κ1) is 21.8. The summed E-state index contributed by atoms with van der Waals surface area (Å²) in [7, 11) is 0. The summed E-state index contributed by atoms with van der Waals surface area (Å²) in [5.74, 6) is -0.515. The first-order valence-corrected chi connectivity index (χ1v) is 9.99. The van der Waals surface area contributed by atoms with E-state index in [0.29, 0.717) is 24.3 Å². The molecule has 2 heterocycles. The van der Waals surface area contributed by atoms with Gasteiger partial charge in [0.05, 0.1) is 24.3 Å². The average Bonchev–Trinajstić information content (AvgIpc) is 3.09. The van der Waals surface area contributed by atoms with Gasteiger partial charge in [-0.3, -0.25) is 0 Å². The molecule has 28 heavy (non-hydrogen) atoms. The molecule has 0 aliphatic heterocycles. The van der Waals surface area contributed by atoms with Crippen LogP contribution in [-0.4, -0.2) is 34.3 Å². The Kier molecular flexibility index (Phi) is 7.49. The van der Waals surface area contributed by atoms with Crippen molar-refractivity contribution >= 4 is 11.9 Å². The topological polar surface area (TPSA) is 62.5 Å². The molecule has 6 nitrogen and oxygen atoms in total. The Labute approximate surface area is 167 Å². The largest absolute Gasteiger partial charge is 0.462 e. The van der Waals surface area contributed by atoms with E-state index in [1.54, 1.807) is 0 Å². The zero-order valence-electron chi connectivity index (χ0n) is 17.9. The number of aryl methyl sites for hydroxylation is 2. The molecule has 0 saturated heterocycles. The average molecular weight is 389 g/mol. The smallest absolute Gasteiger partial charge is 0.339 e. The number of hydrogen-bond donors (Lipinski definition) is 0. The summed E-state index contributed by atoms with van der Waals surface area (Å²) in [6.07, 6.45) is 1.95. The fourth-order valence-corrected chi connectivity index (χ4v) is 3.66. The van der Waals surface area contributed by atoms with Crippen molar-refractivity contribution in [3.63, 3.8) is 0 Å². The van der Waals surface area contributed by atoms with Gasteiger partial charge in [0.25, 0.3) is 0 Å². The summed E-state index contributed by atoms with van der Waals surface area (Å²) >= 11 is 0. The van der Waals surface area contributed by atoms with Crippen LogP contribution in [0.4, 0.5) is 0 Å². The molecule has 0 aliphatic rings. The van der Waals surface area contributed by atoms with Gasteiger partial charge in [-0.25, -0.2) is 9.59 Å². The Morgan fingerprint density at radius 2 is 1.11 bits per heavy atom. The number of aromatic nitrogens is 2. The molecule has 6 heteroatoms. The first-order valence-electron chi connectivity index (χ1n) is 9.99. The van der Waals surface area contributed by atoms with E-state index < -0.39 is 0 Å². The molecule has 0 atom stereocenters. The zero-order chi connectivity index (χ0) is 20.8. The van der Waals surface area contributed by atoms with Gasteiger partial charge in [0, 0.05) is 35.9 Å². The van der Waals surface area contributed by atoms with Crippen LogP contribution in [0.15, 0.2) is 12.1 Å². The Morgan fingerprint density at radius 1 is 0.750 bits per heavy atom. The second-order valence-electron chi connectivity index (χ2n) is 7.02. The maximum absolute atomic E-state index is 12.0. The van der Waals surface area contributed by atoms with Gasteiger partial charge in [-0.15, -0.1) is 0 Å². The summed E-state index contributed by atoms with van der Waals surface area (Å²) in [5.41, 5.74) is 5.34. The van der Waals surface area contributed by atoms with Crippen molar-refractivity contribution < 1.29 is 19.1 Å². The van der Waals surface area contributed by atoms with Crippen LogP contribution in [0.1, 0.15) is 70.2 Å². The molecular formula is C22H32N2O4. The third-order valence-corrected chi connectivity index (χ3v) is 5.15. The number of unbranched alkanes of at least 4 members (excludes halogenated alkanes) is 1. The molecule has 0 unspecified atom stereocenters. The van der Waals surface area contributed by atoms with Gasteiger partial charge in [0.1, 0.15) is 0 Å². The van der Waals surface area contributed by atoms with Crippen molar-refractivity contribution in [2.45, 2.75) is 67.5 Å². The Morgan fingerprint density at radius 3 is 1.43 bits per heavy atom. The molecule has 2 aromatic heterocycles. The fourth-order valence-electron chi connectivity index (χ4n) is 3.66. The Hall–Kier alpha value is -2.50. The lowest BCUT2D eigenvalue weighted by molar-refractivity contribution is 0.0515. The fraction of sp³-hybridized carbons (Fsp3) is 0.545. The van der Waals surface area contributed by atoms with E-state index in [9.17, 15) is 9.59 Å². The van der Waals surface area contributed by atoms with Crippen LogP contribution in [0.3, 0.4) is 0 Å². The van der Waals surface area contributed by atoms with Crippen LogP contribution in [0.5, 0.6) is 0 Å². The van der Waals surface area contributed by atoms with Crippen LogP contribution in [0, 0.1) is 27.7 Å². The number of ether oxygens (including phenoxy) is 2. The molecular weight excluding hydrogens is 356 g/mol. The summed E-state index contributed by atoms with van der Waals surface area (Å²) < 4.78 is 14.6. The number of rotatable bonds is 9. The van der Waals surface area contributed by atoms with Gasteiger partial charge in [-0.05, 0) is 66.5 Å². The highest BCUT2D eigenvalue weighted by molar-refractivity contribution is 5.91. The second kappa shape index (κ2) is 9.62. The molecule has 0 amide bonds. The van der Waals surface area contributed by atoms with Crippen molar-refractivity contribution in [1.29, 1.82) is 0 Å². The number of carbonyl (C=O) groups excluding carboxylic acids is 2. The van der Waals surface area contributed by atoms with Crippen molar-refractivity contribution in [1.82, 2.24) is 9.13 Å². The molecule has 0 N–H and O–H groups in total. The van der Waals surface area contributed by atoms with Gasteiger partial charge in [0.2, 0.25) is 0 Å². The van der Waals surface area contributed by atoms with Crippen LogP contribution in [-0.2, 0) is 22.6 Å². The lowest BCUT2D eigenvalue weighted by atomic mass is 10.2. The van der Waals surface area contributed by atoms with E-state index in [1.807, 2.05) is 53.7 Å². The SMILES string of the molecule is CCOC(=O)c1cc(C)n(CCCCn2c(C)cc(C(=O)OCC)c2C)c1C. The van der Waals surface area contributed by atoms with Gasteiger partial charge in [-0.1, -0.05) is 0 Å². The van der Waals surface area contributed by atoms with E-state index >= 15 is 0 Å². The number of carbonyl (C=O) groups is 2. The molecule has 0 aliphatic carbocycles. The lowest BCUT2D eigenvalue weighted by Gasteiger charge is -2.12. The van der Waals surface area contributed by atoms with Crippen molar-refractivity contribution in [3.8, 4) is 0 Å². The monoisotopic (exact) mass is 388 g/mol. The Balaban J connectivity index is 1.99. The number of hydrogen-bond acceptors (Lipinski definition) is 4. The standard InChI is InChI=1S/C22H32N2O4/c1-7-27-21(25)19-13-15(3)23(17(19)5)11-9-10-12-24-16(4)14-20(18(24)6)22(26)28-8-2/h13-14H,7-12H2,1-6H3. The summed E-state index contributed by atoms with van der Waals surface area (Å²) in [4.78, 5) is 24.1. The van der Waals surface area contributed by atoms with E-state index in [0.717, 1.165) is 48.7 Å². The summed E-state index contributed by atoms with van der Waals surface area (Å²) in [6, 6.07) is 3.80. The zero-order valence-corrected chi connectivity index (χ0v) is 17.9. The van der Waals surface area contributed by atoms with Gasteiger partial charge in [0.15, 0.2) is 0 Å².